The SMILES string of the molecule is CCNCCc1c[nH]c2ccc(OCC)cc12. The number of fused-ring (bicyclic) bond motifs is 1. The first kappa shape index (κ1) is 12.0. The molecule has 0 aliphatic rings. The Morgan fingerprint density at radius 1 is 1.29 bits per heavy atom. The standard InChI is InChI=1S/C14H20N2O/c1-3-15-8-7-11-10-16-14-6-5-12(17-4-2)9-13(11)14/h5-6,9-10,15-16H,3-4,7-8H2,1-2H3. The van der Waals surface area contributed by atoms with Crippen LogP contribution < -0.4 is 10.1 Å². The summed E-state index contributed by atoms with van der Waals surface area (Å²) in [6.07, 6.45) is 3.14. The number of hydrogen-bond donors (Lipinski definition) is 2. The summed E-state index contributed by atoms with van der Waals surface area (Å²) >= 11 is 0. The van der Waals surface area contributed by atoms with Crippen LogP contribution >= 0.6 is 0 Å². The van der Waals surface area contributed by atoms with E-state index in [0.717, 1.165) is 25.3 Å². The van der Waals surface area contributed by atoms with Crippen LogP contribution in [0.1, 0.15) is 19.4 Å². The van der Waals surface area contributed by atoms with Crippen LogP contribution in [0, 0.1) is 0 Å². The first-order valence-corrected chi connectivity index (χ1v) is 6.28. The molecule has 1 aromatic carbocycles. The predicted molar refractivity (Wildman–Crippen MR) is 71.7 cm³/mol. The highest BCUT2D eigenvalue weighted by molar-refractivity contribution is 5.84. The molecule has 0 bridgehead atoms. The molecule has 17 heavy (non-hydrogen) atoms. The molecule has 2 aromatic rings. The molecule has 0 aliphatic carbocycles. The number of hydrogen-bond acceptors (Lipinski definition) is 2. The molecule has 0 atom stereocenters. The van der Waals surface area contributed by atoms with Gasteiger partial charge in [0, 0.05) is 17.1 Å². The van der Waals surface area contributed by atoms with Crippen LogP contribution in [0.25, 0.3) is 10.9 Å². The summed E-state index contributed by atoms with van der Waals surface area (Å²) in [6.45, 7) is 6.88. The van der Waals surface area contributed by atoms with Crippen molar-refractivity contribution < 1.29 is 4.74 Å². The summed E-state index contributed by atoms with van der Waals surface area (Å²) in [7, 11) is 0. The summed E-state index contributed by atoms with van der Waals surface area (Å²) in [5.41, 5.74) is 2.53. The van der Waals surface area contributed by atoms with Gasteiger partial charge in [0.05, 0.1) is 6.61 Å². The minimum absolute atomic E-state index is 0.711. The van der Waals surface area contributed by atoms with E-state index in [1.165, 1.54) is 16.5 Å². The van der Waals surface area contributed by atoms with Crippen molar-refractivity contribution in [1.29, 1.82) is 0 Å². The Hall–Kier alpha value is -1.48. The van der Waals surface area contributed by atoms with Crippen LogP contribution in [-0.4, -0.2) is 24.7 Å². The van der Waals surface area contributed by atoms with Crippen molar-refractivity contribution in [1.82, 2.24) is 10.3 Å². The van der Waals surface area contributed by atoms with Gasteiger partial charge in [0.15, 0.2) is 0 Å². The smallest absolute Gasteiger partial charge is 0.120 e. The minimum atomic E-state index is 0.711. The van der Waals surface area contributed by atoms with Gasteiger partial charge in [-0.25, -0.2) is 0 Å². The van der Waals surface area contributed by atoms with E-state index >= 15 is 0 Å². The van der Waals surface area contributed by atoms with Gasteiger partial charge in [0.2, 0.25) is 0 Å². The van der Waals surface area contributed by atoms with Gasteiger partial charge in [-0.15, -0.1) is 0 Å². The third-order valence-corrected chi connectivity index (χ3v) is 2.87. The highest BCUT2D eigenvalue weighted by Crippen LogP contribution is 2.23. The van der Waals surface area contributed by atoms with Crippen molar-refractivity contribution in [3.63, 3.8) is 0 Å². The van der Waals surface area contributed by atoms with Gasteiger partial charge < -0.3 is 15.0 Å². The molecule has 0 radical (unpaired) electrons. The molecular weight excluding hydrogens is 212 g/mol. The zero-order valence-corrected chi connectivity index (χ0v) is 10.5. The maximum atomic E-state index is 5.53. The number of H-pyrrole nitrogens is 1. The molecule has 2 rings (SSSR count). The van der Waals surface area contributed by atoms with E-state index in [0.29, 0.717) is 6.61 Å². The molecule has 0 amide bonds. The van der Waals surface area contributed by atoms with Crippen LogP contribution in [0.2, 0.25) is 0 Å². The number of likely N-dealkylation sites (N-methyl/N-ethyl adjacent to an activating group) is 1. The maximum Gasteiger partial charge on any atom is 0.120 e. The van der Waals surface area contributed by atoms with Crippen LogP contribution in [0.3, 0.4) is 0 Å². The molecule has 0 saturated carbocycles. The lowest BCUT2D eigenvalue weighted by Crippen LogP contribution is -2.15. The normalized spacial score (nSPS) is 10.9. The molecule has 0 saturated heterocycles. The van der Waals surface area contributed by atoms with E-state index in [1.807, 2.05) is 13.0 Å². The zero-order valence-electron chi connectivity index (χ0n) is 10.5. The largest absolute Gasteiger partial charge is 0.494 e. The highest BCUT2D eigenvalue weighted by Gasteiger charge is 2.04. The lowest BCUT2D eigenvalue weighted by molar-refractivity contribution is 0.340. The molecule has 2 N–H and O–H groups in total. The summed E-state index contributed by atoms with van der Waals surface area (Å²) < 4.78 is 5.53. The van der Waals surface area contributed by atoms with Crippen LogP contribution in [-0.2, 0) is 6.42 Å². The average molecular weight is 232 g/mol. The summed E-state index contributed by atoms with van der Waals surface area (Å²) in [4.78, 5) is 3.30. The fourth-order valence-electron chi connectivity index (χ4n) is 2.02. The molecule has 0 aliphatic heterocycles. The van der Waals surface area contributed by atoms with Crippen molar-refractivity contribution in [2.45, 2.75) is 20.3 Å². The second kappa shape index (κ2) is 5.73. The monoisotopic (exact) mass is 232 g/mol. The number of ether oxygens (including phenoxy) is 1. The van der Waals surface area contributed by atoms with E-state index in [9.17, 15) is 0 Å². The van der Waals surface area contributed by atoms with E-state index in [-0.39, 0.29) is 0 Å². The van der Waals surface area contributed by atoms with Crippen LogP contribution in [0.5, 0.6) is 5.75 Å². The Labute approximate surface area is 102 Å². The first-order chi connectivity index (χ1) is 8.35. The Balaban J connectivity index is 2.20. The molecule has 92 valence electrons. The molecule has 0 fully saturated rings. The third-order valence-electron chi connectivity index (χ3n) is 2.87. The van der Waals surface area contributed by atoms with Gasteiger partial charge >= 0.3 is 0 Å². The minimum Gasteiger partial charge on any atom is -0.494 e. The molecule has 1 heterocycles. The topological polar surface area (TPSA) is 37.0 Å². The van der Waals surface area contributed by atoms with E-state index in [2.05, 4.69) is 35.6 Å². The summed E-state index contributed by atoms with van der Waals surface area (Å²) in [6, 6.07) is 6.21. The molecule has 0 unspecified atom stereocenters. The fourth-order valence-corrected chi connectivity index (χ4v) is 2.02. The maximum absolute atomic E-state index is 5.53. The van der Waals surface area contributed by atoms with E-state index < -0.39 is 0 Å². The summed E-state index contributed by atoms with van der Waals surface area (Å²) in [5, 5.41) is 4.62. The molecule has 0 spiro atoms. The van der Waals surface area contributed by atoms with Crippen molar-refractivity contribution >= 4 is 10.9 Å². The number of aromatic amines is 1. The van der Waals surface area contributed by atoms with Crippen molar-refractivity contribution in [3.8, 4) is 5.75 Å². The Kier molecular flexibility index (Phi) is 4.04. The second-order valence-electron chi connectivity index (χ2n) is 4.06. The van der Waals surface area contributed by atoms with Gasteiger partial charge in [-0.3, -0.25) is 0 Å². The summed E-state index contributed by atoms with van der Waals surface area (Å²) in [5.74, 6) is 0.948. The van der Waals surface area contributed by atoms with Gasteiger partial charge in [-0.05, 0) is 50.2 Å². The Bertz CT molecular complexity index is 476. The third kappa shape index (κ3) is 2.80. The molecular formula is C14H20N2O. The average Bonchev–Trinajstić information content (AvgIpc) is 2.73. The number of aromatic nitrogens is 1. The number of nitrogens with one attached hydrogen (secondary N) is 2. The molecule has 3 nitrogen and oxygen atoms in total. The Morgan fingerprint density at radius 3 is 2.94 bits per heavy atom. The van der Waals surface area contributed by atoms with Crippen molar-refractivity contribution in [2.24, 2.45) is 0 Å². The van der Waals surface area contributed by atoms with Gasteiger partial charge in [0.1, 0.15) is 5.75 Å². The lowest BCUT2D eigenvalue weighted by atomic mass is 10.1. The molecule has 3 heteroatoms. The first-order valence-electron chi connectivity index (χ1n) is 6.28. The van der Waals surface area contributed by atoms with E-state index in [4.69, 9.17) is 4.74 Å². The molecule has 1 aromatic heterocycles. The van der Waals surface area contributed by atoms with Crippen molar-refractivity contribution in [2.75, 3.05) is 19.7 Å². The van der Waals surface area contributed by atoms with Gasteiger partial charge in [0.25, 0.3) is 0 Å². The highest BCUT2D eigenvalue weighted by atomic mass is 16.5. The predicted octanol–water partition coefficient (Wildman–Crippen LogP) is 2.72. The van der Waals surface area contributed by atoms with Crippen LogP contribution in [0.4, 0.5) is 0 Å². The zero-order chi connectivity index (χ0) is 12.1. The fraction of sp³-hybridized carbons (Fsp3) is 0.429. The Morgan fingerprint density at radius 2 is 2.18 bits per heavy atom. The van der Waals surface area contributed by atoms with Crippen molar-refractivity contribution in [3.05, 3.63) is 30.0 Å². The van der Waals surface area contributed by atoms with Gasteiger partial charge in [-0.1, -0.05) is 6.92 Å². The van der Waals surface area contributed by atoms with Crippen LogP contribution in [0.15, 0.2) is 24.4 Å². The second-order valence-corrected chi connectivity index (χ2v) is 4.06. The number of benzene rings is 1. The van der Waals surface area contributed by atoms with E-state index in [1.54, 1.807) is 0 Å². The number of rotatable bonds is 6. The lowest BCUT2D eigenvalue weighted by Gasteiger charge is -2.04. The van der Waals surface area contributed by atoms with Gasteiger partial charge in [-0.2, -0.15) is 0 Å². The quantitative estimate of drug-likeness (QED) is 0.751.